The van der Waals surface area contributed by atoms with Crippen LogP contribution in [-0.4, -0.2) is 67.7 Å². The van der Waals surface area contributed by atoms with Crippen molar-refractivity contribution in [2.45, 2.75) is 32.7 Å². The summed E-state index contributed by atoms with van der Waals surface area (Å²) in [5.74, 6) is 0.645. The van der Waals surface area contributed by atoms with Crippen LogP contribution in [0.1, 0.15) is 26.7 Å². The minimum Gasteiger partial charge on any atom is -0.333 e. The van der Waals surface area contributed by atoms with E-state index in [0.29, 0.717) is 12.0 Å². The maximum atomic E-state index is 11.8. The van der Waals surface area contributed by atoms with Crippen LogP contribution in [0.2, 0.25) is 0 Å². The van der Waals surface area contributed by atoms with Crippen LogP contribution >= 0.6 is 0 Å². The first kappa shape index (κ1) is 14.6. The lowest BCUT2D eigenvalue weighted by atomic mass is 10.0. The van der Waals surface area contributed by atoms with Crippen molar-refractivity contribution in [3.8, 4) is 0 Å². The molecule has 1 atom stereocenters. The van der Waals surface area contributed by atoms with Crippen LogP contribution < -0.4 is 10.6 Å². The number of piperazine rings is 1. The van der Waals surface area contributed by atoms with Gasteiger partial charge in [-0.2, -0.15) is 0 Å². The summed E-state index contributed by atoms with van der Waals surface area (Å²) >= 11 is 0. The van der Waals surface area contributed by atoms with Gasteiger partial charge in [0, 0.05) is 45.3 Å². The van der Waals surface area contributed by atoms with E-state index >= 15 is 0 Å². The molecule has 0 aromatic heterocycles. The molecule has 0 bridgehead atoms. The van der Waals surface area contributed by atoms with E-state index < -0.39 is 0 Å². The first-order valence-electron chi connectivity index (χ1n) is 7.63. The van der Waals surface area contributed by atoms with E-state index in [-0.39, 0.29) is 6.03 Å². The summed E-state index contributed by atoms with van der Waals surface area (Å²) in [4.78, 5) is 16.3. The highest BCUT2D eigenvalue weighted by atomic mass is 16.2. The standard InChI is InChI=1S/C14H28N4O/c1-12(2)10-13-11-18(14(19)16-13)7-3-6-17-8-4-15-5-9-17/h12-13,15H,3-11H2,1-2H3,(H,16,19). The second-order valence-electron chi connectivity index (χ2n) is 6.17. The third-order valence-corrected chi connectivity index (χ3v) is 3.92. The average molecular weight is 268 g/mol. The van der Waals surface area contributed by atoms with Gasteiger partial charge in [-0.3, -0.25) is 0 Å². The lowest BCUT2D eigenvalue weighted by Crippen LogP contribution is -2.44. The molecular formula is C14H28N4O. The number of hydrogen-bond donors (Lipinski definition) is 2. The van der Waals surface area contributed by atoms with Crippen molar-refractivity contribution in [3.05, 3.63) is 0 Å². The fourth-order valence-electron chi connectivity index (χ4n) is 2.98. The van der Waals surface area contributed by atoms with Crippen molar-refractivity contribution >= 4 is 6.03 Å². The SMILES string of the molecule is CC(C)CC1CN(CCCN2CCNCC2)C(=O)N1. The Bertz CT molecular complexity index is 289. The van der Waals surface area contributed by atoms with E-state index in [4.69, 9.17) is 0 Å². The summed E-state index contributed by atoms with van der Waals surface area (Å²) in [5.41, 5.74) is 0. The highest BCUT2D eigenvalue weighted by Gasteiger charge is 2.28. The fourth-order valence-corrected chi connectivity index (χ4v) is 2.98. The molecule has 5 heteroatoms. The predicted octanol–water partition coefficient (Wildman–Crippen LogP) is 0.722. The maximum Gasteiger partial charge on any atom is 0.317 e. The molecule has 2 aliphatic rings. The molecule has 2 heterocycles. The Morgan fingerprint density at radius 1 is 1.26 bits per heavy atom. The van der Waals surface area contributed by atoms with Crippen molar-refractivity contribution in [3.63, 3.8) is 0 Å². The monoisotopic (exact) mass is 268 g/mol. The third-order valence-electron chi connectivity index (χ3n) is 3.92. The molecule has 2 N–H and O–H groups in total. The van der Waals surface area contributed by atoms with Crippen LogP contribution in [0.25, 0.3) is 0 Å². The van der Waals surface area contributed by atoms with Crippen LogP contribution in [0, 0.1) is 5.92 Å². The molecule has 1 unspecified atom stereocenters. The normalized spacial score (nSPS) is 25.1. The minimum atomic E-state index is 0.131. The van der Waals surface area contributed by atoms with Gasteiger partial charge in [0.25, 0.3) is 0 Å². The number of rotatable bonds is 6. The summed E-state index contributed by atoms with van der Waals surface area (Å²) in [6.07, 6.45) is 2.17. The highest BCUT2D eigenvalue weighted by molar-refractivity contribution is 5.76. The van der Waals surface area contributed by atoms with Crippen molar-refractivity contribution in [1.29, 1.82) is 0 Å². The first-order chi connectivity index (χ1) is 9.15. The quantitative estimate of drug-likeness (QED) is 0.746. The summed E-state index contributed by atoms with van der Waals surface area (Å²) in [6, 6.07) is 0.484. The number of nitrogens with zero attached hydrogens (tertiary/aromatic N) is 2. The third kappa shape index (κ3) is 4.66. The predicted molar refractivity (Wildman–Crippen MR) is 77.3 cm³/mol. The van der Waals surface area contributed by atoms with E-state index in [1.807, 2.05) is 4.90 Å². The Morgan fingerprint density at radius 2 is 2.00 bits per heavy atom. The molecule has 2 saturated heterocycles. The molecule has 2 aliphatic heterocycles. The molecule has 0 aliphatic carbocycles. The lowest BCUT2D eigenvalue weighted by Gasteiger charge is -2.27. The number of hydrogen-bond acceptors (Lipinski definition) is 3. The smallest absolute Gasteiger partial charge is 0.317 e. The van der Waals surface area contributed by atoms with Crippen LogP contribution in [0.4, 0.5) is 4.79 Å². The van der Waals surface area contributed by atoms with E-state index in [1.54, 1.807) is 0 Å². The lowest BCUT2D eigenvalue weighted by molar-refractivity contribution is 0.204. The van der Waals surface area contributed by atoms with Gasteiger partial charge in [0.2, 0.25) is 0 Å². The number of carbonyl (C=O) groups is 1. The minimum absolute atomic E-state index is 0.131. The van der Waals surface area contributed by atoms with Crippen LogP contribution in [0.3, 0.4) is 0 Å². The van der Waals surface area contributed by atoms with E-state index in [2.05, 4.69) is 29.4 Å². The molecule has 0 spiro atoms. The molecule has 0 aromatic carbocycles. The average Bonchev–Trinajstić information content (AvgIpc) is 2.70. The topological polar surface area (TPSA) is 47.6 Å². The zero-order valence-corrected chi connectivity index (χ0v) is 12.3. The molecule has 0 saturated carbocycles. The molecule has 110 valence electrons. The molecule has 2 fully saturated rings. The van der Waals surface area contributed by atoms with Gasteiger partial charge >= 0.3 is 6.03 Å². The zero-order valence-electron chi connectivity index (χ0n) is 12.3. The Labute approximate surface area is 116 Å². The van der Waals surface area contributed by atoms with Crippen molar-refractivity contribution in [2.24, 2.45) is 5.92 Å². The van der Waals surface area contributed by atoms with Crippen LogP contribution in [0.5, 0.6) is 0 Å². The molecule has 0 aromatic rings. The fraction of sp³-hybridized carbons (Fsp3) is 0.929. The van der Waals surface area contributed by atoms with Gasteiger partial charge in [0.1, 0.15) is 0 Å². The maximum absolute atomic E-state index is 11.8. The van der Waals surface area contributed by atoms with Crippen molar-refractivity contribution in [1.82, 2.24) is 20.4 Å². The van der Waals surface area contributed by atoms with Gasteiger partial charge < -0.3 is 20.4 Å². The second-order valence-corrected chi connectivity index (χ2v) is 6.17. The molecule has 2 rings (SSSR count). The summed E-state index contributed by atoms with van der Waals surface area (Å²) < 4.78 is 0. The van der Waals surface area contributed by atoms with Crippen molar-refractivity contribution < 1.29 is 4.79 Å². The summed E-state index contributed by atoms with van der Waals surface area (Å²) in [7, 11) is 0. The molecular weight excluding hydrogens is 240 g/mol. The first-order valence-corrected chi connectivity index (χ1v) is 7.63. The second kappa shape index (κ2) is 7.10. The summed E-state index contributed by atoms with van der Waals surface area (Å²) in [6.45, 7) is 11.8. The van der Waals surface area contributed by atoms with Crippen LogP contribution in [-0.2, 0) is 0 Å². The highest BCUT2D eigenvalue weighted by Crippen LogP contribution is 2.12. The molecule has 2 amide bonds. The number of carbonyl (C=O) groups excluding carboxylic acids is 1. The van der Waals surface area contributed by atoms with Gasteiger partial charge in [0.05, 0.1) is 0 Å². The summed E-state index contributed by atoms with van der Waals surface area (Å²) in [5, 5.41) is 6.45. The van der Waals surface area contributed by atoms with Gasteiger partial charge in [-0.15, -0.1) is 0 Å². The Kier molecular flexibility index (Phi) is 5.45. The van der Waals surface area contributed by atoms with Gasteiger partial charge in [-0.1, -0.05) is 13.8 Å². The Hall–Kier alpha value is -0.810. The number of nitrogens with one attached hydrogen (secondary N) is 2. The van der Waals surface area contributed by atoms with E-state index in [9.17, 15) is 4.79 Å². The molecule has 19 heavy (non-hydrogen) atoms. The Balaban J connectivity index is 1.64. The van der Waals surface area contributed by atoms with Gasteiger partial charge in [-0.05, 0) is 25.3 Å². The van der Waals surface area contributed by atoms with E-state index in [1.165, 1.54) is 0 Å². The van der Waals surface area contributed by atoms with Crippen LogP contribution in [0.15, 0.2) is 0 Å². The number of amides is 2. The zero-order chi connectivity index (χ0) is 13.7. The largest absolute Gasteiger partial charge is 0.333 e. The molecule has 5 nitrogen and oxygen atoms in total. The number of urea groups is 1. The van der Waals surface area contributed by atoms with E-state index in [0.717, 1.165) is 58.7 Å². The van der Waals surface area contributed by atoms with Gasteiger partial charge in [0.15, 0.2) is 0 Å². The molecule has 0 radical (unpaired) electrons. The van der Waals surface area contributed by atoms with Gasteiger partial charge in [-0.25, -0.2) is 4.79 Å². The van der Waals surface area contributed by atoms with Crippen molar-refractivity contribution in [2.75, 3.05) is 45.8 Å². The Morgan fingerprint density at radius 3 is 2.68 bits per heavy atom.